The number of carbonyl (C=O) groups is 1. The van der Waals surface area contributed by atoms with Crippen molar-refractivity contribution in [2.45, 2.75) is 25.9 Å². The van der Waals surface area contributed by atoms with Crippen molar-refractivity contribution in [1.29, 1.82) is 0 Å². The van der Waals surface area contributed by atoms with Crippen molar-refractivity contribution in [3.8, 4) is 11.4 Å². The molecule has 1 aromatic carbocycles. The summed E-state index contributed by atoms with van der Waals surface area (Å²) in [7, 11) is 0. The molecular formula is C15H14F4N2O3. The lowest BCUT2D eigenvalue weighted by atomic mass is 10.0. The van der Waals surface area contributed by atoms with E-state index in [1.54, 1.807) is 0 Å². The summed E-state index contributed by atoms with van der Waals surface area (Å²) in [5.41, 5.74) is -0.160. The highest BCUT2D eigenvalue weighted by Gasteiger charge is 2.38. The van der Waals surface area contributed by atoms with Crippen molar-refractivity contribution in [3.63, 3.8) is 0 Å². The van der Waals surface area contributed by atoms with Crippen molar-refractivity contribution in [1.82, 2.24) is 10.1 Å². The van der Waals surface area contributed by atoms with Gasteiger partial charge in [0, 0.05) is 25.2 Å². The highest BCUT2D eigenvalue weighted by Crippen LogP contribution is 2.29. The van der Waals surface area contributed by atoms with Crippen LogP contribution < -0.4 is 0 Å². The van der Waals surface area contributed by atoms with Crippen LogP contribution in [-0.2, 0) is 10.9 Å². The number of halogens is 4. The van der Waals surface area contributed by atoms with Gasteiger partial charge in [-0.3, -0.25) is 4.79 Å². The van der Waals surface area contributed by atoms with Gasteiger partial charge in [0.05, 0.1) is 5.56 Å². The van der Waals surface area contributed by atoms with Crippen LogP contribution in [0.1, 0.15) is 36.0 Å². The second-order valence-electron chi connectivity index (χ2n) is 4.84. The number of Topliss-reactive ketones (excluding diaryl/α,β-unsaturated/α-hetero) is 1. The second kappa shape index (κ2) is 7.52. The van der Waals surface area contributed by atoms with Gasteiger partial charge in [0.1, 0.15) is 5.82 Å². The van der Waals surface area contributed by atoms with Gasteiger partial charge < -0.3 is 9.26 Å². The first-order chi connectivity index (χ1) is 11.3. The molecule has 0 spiro atoms. The zero-order valence-corrected chi connectivity index (χ0v) is 12.7. The van der Waals surface area contributed by atoms with Crippen LogP contribution in [-0.4, -0.2) is 29.1 Å². The molecule has 0 aliphatic heterocycles. The lowest BCUT2D eigenvalue weighted by Gasteiger charge is -2.04. The zero-order valence-electron chi connectivity index (χ0n) is 12.7. The Morgan fingerprint density at radius 2 is 2.08 bits per heavy atom. The number of hydrogen-bond donors (Lipinski definition) is 0. The molecule has 1 aromatic heterocycles. The highest BCUT2D eigenvalue weighted by molar-refractivity contribution is 5.96. The summed E-state index contributed by atoms with van der Waals surface area (Å²) in [6.07, 6.45) is -4.22. The van der Waals surface area contributed by atoms with Crippen LogP contribution in [0.15, 0.2) is 22.7 Å². The summed E-state index contributed by atoms with van der Waals surface area (Å²) < 4.78 is 60.5. The maximum atomic E-state index is 14.0. The monoisotopic (exact) mass is 346 g/mol. The molecule has 24 heavy (non-hydrogen) atoms. The van der Waals surface area contributed by atoms with E-state index in [-0.39, 0.29) is 17.5 Å². The number of alkyl halides is 3. The predicted molar refractivity (Wildman–Crippen MR) is 74.8 cm³/mol. The van der Waals surface area contributed by atoms with Gasteiger partial charge in [-0.15, -0.1) is 0 Å². The van der Waals surface area contributed by atoms with Gasteiger partial charge in [0.25, 0.3) is 0 Å². The van der Waals surface area contributed by atoms with E-state index in [4.69, 9.17) is 4.74 Å². The van der Waals surface area contributed by atoms with Crippen LogP contribution in [0.25, 0.3) is 11.4 Å². The molecule has 130 valence electrons. The van der Waals surface area contributed by atoms with Crippen LogP contribution in [0.3, 0.4) is 0 Å². The Morgan fingerprint density at radius 1 is 1.33 bits per heavy atom. The first-order valence-electron chi connectivity index (χ1n) is 7.14. The van der Waals surface area contributed by atoms with Crippen LogP contribution in [0.4, 0.5) is 17.6 Å². The molecule has 0 saturated heterocycles. The summed E-state index contributed by atoms with van der Waals surface area (Å²) in [4.78, 5) is 15.1. The van der Waals surface area contributed by atoms with Crippen LogP contribution in [0.5, 0.6) is 0 Å². The summed E-state index contributed by atoms with van der Waals surface area (Å²) in [6, 6.07) is 3.36. The van der Waals surface area contributed by atoms with E-state index in [0.717, 1.165) is 6.07 Å². The molecule has 0 saturated carbocycles. The van der Waals surface area contributed by atoms with E-state index in [1.165, 1.54) is 12.1 Å². The van der Waals surface area contributed by atoms with Gasteiger partial charge in [0.15, 0.2) is 5.78 Å². The van der Waals surface area contributed by atoms with Gasteiger partial charge in [-0.05, 0) is 25.5 Å². The van der Waals surface area contributed by atoms with Gasteiger partial charge in [0.2, 0.25) is 5.82 Å². The van der Waals surface area contributed by atoms with Crippen LogP contribution >= 0.6 is 0 Å². The minimum atomic E-state index is -4.78. The number of benzene rings is 1. The van der Waals surface area contributed by atoms with Crippen LogP contribution in [0.2, 0.25) is 0 Å². The average Bonchev–Trinajstić information content (AvgIpc) is 3.01. The van der Waals surface area contributed by atoms with E-state index >= 15 is 0 Å². The molecule has 2 rings (SSSR count). The van der Waals surface area contributed by atoms with E-state index in [2.05, 4.69) is 14.7 Å². The van der Waals surface area contributed by atoms with E-state index in [1.807, 2.05) is 6.92 Å². The molecule has 0 aliphatic carbocycles. The van der Waals surface area contributed by atoms with Crippen LogP contribution in [0, 0.1) is 5.82 Å². The zero-order chi connectivity index (χ0) is 17.7. The first kappa shape index (κ1) is 18.1. The fraction of sp³-hybridized carbons (Fsp3) is 0.400. The van der Waals surface area contributed by atoms with Gasteiger partial charge >= 0.3 is 12.1 Å². The Bertz CT molecular complexity index is 713. The number of hydrogen-bond acceptors (Lipinski definition) is 5. The molecule has 0 bridgehead atoms. The Morgan fingerprint density at radius 3 is 2.67 bits per heavy atom. The third-order valence-electron chi connectivity index (χ3n) is 3.09. The Labute approximate surface area is 134 Å². The number of ether oxygens (including phenoxy) is 1. The van der Waals surface area contributed by atoms with E-state index in [9.17, 15) is 22.4 Å². The molecule has 2 aromatic rings. The SMILES string of the molecule is CCOCCCC(=O)c1ccc(-c2noc(C(F)(F)F)n2)cc1F. The number of rotatable bonds is 7. The molecule has 0 N–H and O–H groups in total. The molecule has 9 heteroatoms. The summed E-state index contributed by atoms with van der Waals surface area (Å²) in [5.74, 6) is -3.19. The number of ketones is 1. The first-order valence-corrected chi connectivity index (χ1v) is 7.14. The Hall–Kier alpha value is -2.29. The number of nitrogens with zero attached hydrogens (tertiary/aromatic N) is 2. The van der Waals surface area contributed by atoms with Gasteiger partial charge in [-0.1, -0.05) is 11.2 Å². The quantitative estimate of drug-likeness (QED) is 0.432. The van der Waals surface area contributed by atoms with Crippen molar-refractivity contribution in [2.75, 3.05) is 13.2 Å². The topological polar surface area (TPSA) is 65.2 Å². The highest BCUT2D eigenvalue weighted by atomic mass is 19.4. The molecule has 0 aliphatic rings. The molecule has 0 fully saturated rings. The maximum Gasteiger partial charge on any atom is 0.471 e. The third kappa shape index (κ3) is 4.38. The standard InChI is InChI=1S/C15H14F4N2O3/c1-2-23-7-3-4-12(22)10-6-5-9(8-11(10)16)13-20-14(24-21-13)15(17,18)19/h5-6,8H,2-4,7H2,1H3. The molecule has 0 radical (unpaired) electrons. The third-order valence-corrected chi connectivity index (χ3v) is 3.09. The minimum absolute atomic E-state index is 0.0161. The molecule has 0 unspecified atom stereocenters. The normalized spacial score (nSPS) is 11.7. The fourth-order valence-electron chi connectivity index (χ4n) is 1.95. The van der Waals surface area contributed by atoms with Gasteiger partial charge in [-0.25, -0.2) is 4.39 Å². The number of carbonyl (C=O) groups excluding carboxylic acids is 1. The molecule has 0 amide bonds. The summed E-state index contributed by atoms with van der Waals surface area (Å²) in [6.45, 7) is 2.75. The van der Waals surface area contributed by atoms with E-state index in [0.29, 0.717) is 19.6 Å². The molecule has 0 atom stereocenters. The van der Waals surface area contributed by atoms with Crippen molar-refractivity contribution in [2.24, 2.45) is 0 Å². The summed E-state index contributed by atoms with van der Waals surface area (Å²) in [5, 5.41) is 3.16. The van der Waals surface area contributed by atoms with Crippen molar-refractivity contribution < 1.29 is 31.6 Å². The van der Waals surface area contributed by atoms with Gasteiger partial charge in [-0.2, -0.15) is 18.2 Å². The Kier molecular flexibility index (Phi) is 5.66. The van der Waals surface area contributed by atoms with Crippen molar-refractivity contribution in [3.05, 3.63) is 35.5 Å². The molecule has 5 nitrogen and oxygen atoms in total. The van der Waals surface area contributed by atoms with E-state index < -0.39 is 29.5 Å². The Balaban J connectivity index is 2.12. The smallest absolute Gasteiger partial charge is 0.382 e. The molecular weight excluding hydrogens is 332 g/mol. The lowest BCUT2D eigenvalue weighted by Crippen LogP contribution is -2.05. The largest absolute Gasteiger partial charge is 0.471 e. The second-order valence-corrected chi connectivity index (χ2v) is 4.84. The molecule has 1 heterocycles. The fourth-order valence-corrected chi connectivity index (χ4v) is 1.95. The number of aromatic nitrogens is 2. The summed E-state index contributed by atoms with van der Waals surface area (Å²) >= 11 is 0. The predicted octanol–water partition coefficient (Wildman–Crippen LogP) is 3.89. The minimum Gasteiger partial charge on any atom is -0.382 e. The maximum absolute atomic E-state index is 14.0. The average molecular weight is 346 g/mol. The van der Waals surface area contributed by atoms with Crippen molar-refractivity contribution >= 4 is 5.78 Å². The lowest BCUT2D eigenvalue weighted by molar-refractivity contribution is -0.159.